The Morgan fingerprint density at radius 3 is 2.58 bits per heavy atom. The number of benzene rings is 1. The van der Waals surface area contributed by atoms with Crippen molar-refractivity contribution in [1.29, 1.82) is 0 Å². The van der Waals surface area contributed by atoms with Gasteiger partial charge in [-0.3, -0.25) is 10.1 Å². The summed E-state index contributed by atoms with van der Waals surface area (Å²) in [6, 6.07) is 4.04. The van der Waals surface area contributed by atoms with Gasteiger partial charge in [-0.1, -0.05) is 27.5 Å². The third-order valence-electron chi connectivity index (χ3n) is 2.16. The lowest BCUT2D eigenvalue weighted by Crippen LogP contribution is -1.94. The Hall–Kier alpha value is -1.73. The summed E-state index contributed by atoms with van der Waals surface area (Å²) in [5.41, 5.74) is 0.801. The van der Waals surface area contributed by atoms with Crippen molar-refractivity contribution in [3.05, 3.63) is 51.3 Å². The number of non-ortho nitro benzene ring substituents is 1. The summed E-state index contributed by atoms with van der Waals surface area (Å²) in [7, 11) is 0. The first-order valence-corrected chi connectivity index (χ1v) is 6.59. The molecular formula is C11H7BrClN3O3. The first-order chi connectivity index (χ1) is 9.10. The highest BCUT2D eigenvalue weighted by molar-refractivity contribution is 9.08. The zero-order valence-electron chi connectivity index (χ0n) is 9.42. The second kappa shape index (κ2) is 5.94. The predicted molar refractivity (Wildman–Crippen MR) is 72.8 cm³/mol. The molecule has 0 fully saturated rings. The molecule has 98 valence electrons. The van der Waals surface area contributed by atoms with Gasteiger partial charge in [-0.25, -0.2) is 9.97 Å². The topological polar surface area (TPSA) is 78.2 Å². The van der Waals surface area contributed by atoms with Crippen LogP contribution in [0.4, 0.5) is 5.69 Å². The normalized spacial score (nSPS) is 10.2. The minimum atomic E-state index is -0.531. The van der Waals surface area contributed by atoms with Gasteiger partial charge in [0.15, 0.2) is 0 Å². The Morgan fingerprint density at radius 2 is 2.05 bits per heavy atom. The molecule has 2 rings (SSSR count). The van der Waals surface area contributed by atoms with Gasteiger partial charge in [0.2, 0.25) is 0 Å². The lowest BCUT2D eigenvalue weighted by atomic mass is 10.3. The van der Waals surface area contributed by atoms with E-state index < -0.39 is 4.92 Å². The van der Waals surface area contributed by atoms with Crippen LogP contribution in [0, 0.1) is 10.1 Å². The smallest absolute Gasteiger partial charge is 0.321 e. The number of aromatic nitrogens is 2. The quantitative estimate of drug-likeness (QED) is 0.480. The molecule has 1 heterocycles. The van der Waals surface area contributed by atoms with Crippen LogP contribution in [0.5, 0.6) is 11.8 Å². The van der Waals surface area contributed by atoms with Crippen molar-refractivity contribution in [3.8, 4) is 11.8 Å². The van der Waals surface area contributed by atoms with E-state index in [0.29, 0.717) is 5.33 Å². The summed E-state index contributed by atoms with van der Waals surface area (Å²) in [6.07, 6.45) is 3.22. The number of nitro benzene ring substituents is 1. The Kier molecular flexibility index (Phi) is 4.28. The minimum absolute atomic E-state index is 0.104. The summed E-state index contributed by atoms with van der Waals surface area (Å²) >= 11 is 9.17. The standard InChI is InChI=1S/C11H7BrClN3O3/c12-4-7-5-14-11(15-6-7)19-10-2-1-8(16(17)18)3-9(10)13/h1-3,5-6H,4H2. The van der Waals surface area contributed by atoms with Gasteiger partial charge >= 0.3 is 6.01 Å². The van der Waals surface area contributed by atoms with Crippen LogP contribution in [0.15, 0.2) is 30.6 Å². The van der Waals surface area contributed by atoms with Crippen LogP contribution in [0.25, 0.3) is 0 Å². The molecule has 0 saturated carbocycles. The summed E-state index contributed by atoms with van der Waals surface area (Å²) in [6.45, 7) is 0. The van der Waals surface area contributed by atoms with Crippen molar-refractivity contribution >= 4 is 33.2 Å². The zero-order chi connectivity index (χ0) is 13.8. The van der Waals surface area contributed by atoms with Crippen molar-refractivity contribution in [1.82, 2.24) is 9.97 Å². The Balaban J connectivity index is 2.20. The molecule has 0 unspecified atom stereocenters. The maximum Gasteiger partial charge on any atom is 0.321 e. The van der Waals surface area contributed by atoms with Crippen molar-refractivity contribution in [3.63, 3.8) is 0 Å². The summed E-state index contributed by atoms with van der Waals surface area (Å²) in [5, 5.41) is 11.3. The maximum absolute atomic E-state index is 10.6. The highest BCUT2D eigenvalue weighted by Crippen LogP contribution is 2.30. The second-order valence-corrected chi connectivity index (χ2v) is 4.45. The fourth-order valence-electron chi connectivity index (χ4n) is 1.25. The van der Waals surface area contributed by atoms with Crippen LogP contribution in [0.2, 0.25) is 5.02 Å². The van der Waals surface area contributed by atoms with E-state index in [1.165, 1.54) is 18.2 Å². The van der Waals surface area contributed by atoms with E-state index in [4.69, 9.17) is 16.3 Å². The maximum atomic E-state index is 10.6. The molecule has 0 saturated heterocycles. The number of nitro groups is 1. The van der Waals surface area contributed by atoms with Gasteiger partial charge in [-0.2, -0.15) is 0 Å². The van der Waals surface area contributed by atoms with E-state index in [2.05, 4.69) is 25.9 Å². The molecule has 0 N–H and O–H groups in total. The molecule has 0 atom stereocenters. The molecule has 2 aromatic rings. The van der Waals surface area contributed by atoms with Gasteiger partial charge in [0.05, 0.1) is 9.95 Å². The van der Waals surface area contributed by atoms with Crippen LogP contribution in [0.3, 0.4) is 0 Å². The summed E-state index contributed by atoms with van der Waals surface area (Å²) in [5.74, 6) is 0.263. The molecular weight excluding hydrogens is 337 g/mol. The molecule has 0 aliphatic carbocycles. The number of rotatable bonds is 4. The highest BCUT2D eigenvalue weighted by Gasteiger charge is 2.11. The lowest BCUT2D eigenvalue weighted by molar-refractivity contribution is -0.384. The number of alkyl halides is 1. The molecule has 0 aliphatic heterocycles. The van der Waals surface area contributed by atoms with Crippen molar-refractivity contribution < 1.29 is 9.66 Å². The van der Waals surface area contributed by atoms with Gasteiger partial charge in [0.25, 0.3) is 5.69 Å². The molecule has 0 aliphatic rings. The number of ether oxygens (including phenoxy) is 1. The Labute approximate surface area is 121 Å². The van der Waals surface area contributed by atoms with Gasteiger partial charge in [-0.15, -0.1) is 0 Å². The summed E-state index contributed by atoms with van der Waals surface area (Å²) < 4.78 is 5.35. The minimum Gasteiger partial charge on any atom is -0.423 e. The van der Waals surface area contributed by atoms with Gasteiger partial charge < -0.3 is 4.74 Å². The van der Waals surface area contributed by atoms with E-state index in [1.54, 1.807) is 12.4 Å². The summed E-state index contributed by atoms with van der Waals surface area (Å²) in [4.78, 5) is 18.0. The lowest BCUT2D eigenvalue weighted by Gasteiger charge is -2.05. The van der Waals surface area contributed by atoms with E-state index in [0.717, 1.165) is 5.56 Å². The first kappa shape index (κ1) is 13.7. The van der Waals surface area contributed by atoms with E-state index in [-0.39, 0.29) is 22.5 Å². The van der Waals surface area contributed by atoms with Crippen LogP contribution < -0.4 is 4.74 Å². The average Bonchev–Trinajstić information content (AvgIpc) is 2.41. The fraction of sp³-hybridized carbons (Fsp3) is 0.0909. The number of halogens is 2. The predicted octanol–water partition coefficient (Wildman–Crippen LogP) is 3.73. The van der Waals surface area contributed by atoms with Crippen LogP contribution >= 0.6 is 27.5 Å². The fourth-order valence-corrected chi connectivity index (χ4v) is 1.75. The number of hydrogen-bond donors (Lipinski definition) is 0. The van der Waals surface area contributed by atoms with E-state index in [1.807, 2.05) is 0 Å². The molecule has 1 aromatic heterocycles. The first-order valence-electron chi connectivity index (χ1n) is 5.09. The van der Waals surface area contributed by atoms with E-state index >= 15 is 0 Å². The molecule has 0 amide bonds. The van der Waals surface area contributed by atoms with Crippen molar-refractivity contribution in [2.45, 2.75) is 5.33 Å². The molecule has 8 heteroatoms. The Bertz CT molecular complexity index is 607. The van der Waals surface area contributed by atoms with Crippen LogP contribution in [-0.2, 0) is 5.33 Å². The molecule has 0 radical (unpaired) electrons. The molecule has 6 nitrogen and oxygen atoms in total. The van der Waals surface area contributed by atoms with Crippen LogP contribution in [-0.4, -0.2) is 14.9 Å². The van der Waals surface area contributed by atoms with Crippen LogP contribution in [0.1, 0.15) is 5.56 Å². The van der Waals surface area contributed by atoms with Crippen molar-refractivity contribution in [2.24, 2.45) is 0 Å². The van der Waals surface area contributed by atoms with Gasteiger partial charge in [0.1, 0.15) is 5.75 Å². The molecule has 0 spiro atoms. The molecule has 1 aromatic carbocycles. The third kappa shape index (κ3) is 3.39. The number of hydrogen-bond acceptors (Lipinski definition) is 5. The average molecular weight is 345 g/mol. The second-order valence-electron chi connectivity index (χ2n) is 3.48. The molecule has 19 heavy (non-hydrogen) atoms. The third-order valence-corrected chi connectivity index (χ3v) is 3.11. The Morgan fingerprint density at radius 1 is 1.37 bits per heavy atom. The van der Waals surface area contributed by atoms with Gasteiger partial charge in [-0.05, 0) is 11.6 Å². The SMILES string of the molecule is O=[N+]([O-])c1ccc(Oc2ncc(CBr)cn2)c(Cl)c1. The zero-order valence-corrected chi connectivity index (χ0v) is 11.8. The van der Waals surface area contributed by atoms with E-state index in [9.17, 15) is 10.1 Å². The largest absolute Gasteiger partial charge is 0.423 e. The van der Waals surface area contributed by atoms with Crippen molar-refractivity contribution in [2.75, 3.05) is 0 Å². The molecule has 0 bridgehead atoms. The monoisotopic (exact) mass is 343 g/mol. The van der Waals surface area contributed by atoms with Gasteiger partial charge in [0, 0.05) is 29.9 Å². The highest BCUT2D eigenvalue weighted by atomic mass is 79.9. The number of nitrogens with zero attached hydrogens (tertiary/aromatic N) is 3.